The lowest BCUT2D eigenvalue weighted by atomic mass is 9.98. The molecule has 0 atom stereocenters. The SMILES string of the molecule is COc1ccc(F)c(C(=O)c2ncc(CN)c3cc(OC)c(OC)cc23)c1. The van der Waals surface area contributed by atoms with E-state index in [0.29, 0.717) is 28.0 Å². The number of rotatable bonds is 6. The molecule has 2 aromatic carbocycles. The second-order valence-corrected chi connectivity index (χ2v) is 5.76. The molecule has 27 heavy (non-hydrogen) atoms. The monoisotopic (exact) mass is 370 g/mol. The summed E-state index contributed by atoms with van der Waals surface area (Å²) in [6.07, 6.45) is 1.51. The minimum Gasteiger partial charge on any atom is -0.497 e. The number of hydrogen-bond acceptors (Lipinski definition) is 6. The quantitative estimate of drug-likeness (QED) is 0.672. The maximum atomic E-state index is 14.3. The van der Waals surface area contributed by atoms with E-state index in [1.54, 1.807) is 12.1 Å². The van der Waals surface area contributed by atoms with Crippen molar-refractivity contribution in [2.24, 2.45) is 5.73 Å². The number of halogens is 1. The van der Waals surface area contributed by atoms with Crippen LogP contribution in [-0.4, -0.2) is 32.1 Å². The highest BCUT2D eigenvalue weighted by Gasteiger charge is 2.21. The van der Waals surface area contributed by atoms with Gasteiger partial charge in [-0.15, -0.1) is 0 Å². The summed E-state index contributed by atoms with van der Waals surface area (Å²) in [6.45, 7) is 0.223. The smallest absolute Gasteiger partial charge is 0.215 e. The van der Waals surface area contributed by atoms with E-state index in [2.05, 4.69) is 4.98 Å². The Hall–Kier alpha value is -3.19. The third-order valence-electron chi connectivity index (χ3n) is 4.33. The number of nitrogens with two attached hydrogens (primary N) is 1. The van der Waals surface area contributed by atoms with Crippen LogP contribution in [0.3, 0.4) is 0 Å². The van der Waals surface area contributed by atoms with E-state index in [4.69, 9.17) is 19.9 Å². The van der Waals surface area contributed by atoms with Gasteiger partial charge in [-0.3, -0.25) is 9.78 Å². The first-order valence-corrected chi connectivity index (χ1v) is 8.16. The maximum absolute atomic E-state index is 14.3. The Morgan fingerprint density at radius 2 is 1.70 bits per heavy atom. The number of benzene rings is 2. The van der Waals surface area contributed by atoms with Crippen molar-refractivity contribution < 1.29 is 23.4 Å². The largest absolute Gasteiger partial charge is 0.497 e. The first kappa shape index (κ1) is 18.6. The molecule has 7 heteroatoms. The van der Waals surface area contributed by atoms with E-state index in [9.17, 15) is 9.18 Å². The number of ether oxygens (including phenoxy) is 3. The number of carbonyl (C=O) groups excluding carboxylic acids is 1. The molecule has 0 bridgehead atoms. The fourth-order valence-corrected chi connectivity index (χ4v) is 2.90. The van der Waals surface area contributed by atoms with E-state index in [1.807, 2.05) is 0 Å². The molecular weight excluding hydrogens is 351 g/mol. The molecule has 6 nitrogen and oxygen atoms in total. The third kappa shape index (κ3) is 3.29. The summed E-state index contributed by atoms with van der Waals surface area (Å²) in [5.41, 5.74) is 6.50. The highest BCUT2D eigenvalue weighted by atomic mass is 19.1. The second-order valence-electron chi connectivity index (χ2n) is 5.76. The van der Waals surface area contributed by atoms with Gasteiger partial charge in [-0.05, 0) is 41.3 Å². The van der Waals surface area contributed by atoms with Crippen molar-refractivity contribution in [1.29, 1.82) is 0 Å². The summed E-state index contributed by atoms with van der Waals surface area (Å²) in [5, 5.41) is 1.19. The normalized spacial score (nSPS) is 10.7. The Bertz CT molecular complexity index is 1020. The van der Waals surface area contributed by atoms with Gasteiger partial charge in [-0.1, -0.05) is 0 Å². The van der Waals surface area contributed by atoms with Crippen molar-refractivity contribution in [3.05, 3.63) is 59.2 Å². The van der Waals surface area contributed by atoms with E-state index in [-0.39, 0.29) is 17.8 Å². The molecule has 3 rings (SSSR count). The van der Waals surface area contributed by atoms with Crippen molar-refractivity contribution in [2.75, 3.05) is 21.3 Å². The van der Waals surface area contributed by atoms with Crippen LogP contribution < -0.4 is 19.9 Å². The molecule has 0 radical (unpaired) electrons. The zero-order valence-corrected chi connectivity index (χ0v) is 15.2. The molecule has 0 spiro atoms. The van der Waals surface area contributed by atoms with Crippen LogP contribution in [0.1, 0.15) is 21.6 Å². The predicted octanol–water partition coefficient (Wildman–Crippen LogP) is 3.09. The van der Waals surface area contributed by atoms with E-state index >= 15 is 0 Å². The summed E-state index contributed by atoms with van der Waals surface area (Å²) in [7, 11) is 4.46. The zero-order chi connectivity index (χ0) is 19.6. The van der Waals surface area contributed by atoms with Gasteiger partial charge in [0.15, 0.2) is 11.5 Å². The van der Waals surface area contributed by atoms with Crippen LogP contribution in [-0.2, 0) is 6.54 Å². The van der Waals surface area contributed by atoms with Gasteiger partial charge in [0.25, 0.3) is 0 Å². The molecule has 0 unspecified atom stereocenters. The van der Waals surface area contributed by atoms with Crippen molar-refractivity contribution in [1.82, 2.24) is 4.98 Å². The highest BCUT2D eigenvalue weighted by molar-refractivity contribution is 6.16. The molecule has 1 aromatic heterocycles. The Labute approximate surface area is 155 Å². The number of ketones is 1. The first-order chi connectivity index (χ1) is 13.0. The van der Waals surface area contributed by atoms with Gasteiger partial charge in [-0.2, -0.15) is 0 Å². The second kappa shape index (κ2) is 7.59. The molecule has 140 valence electrons. The Balaban J connectivity index is 2.27. The molecule has 0 amide bonds. The Morgan fingerprint density at radius 1 is 1.04 bits per heavy atom. The summed E-state index contributed by atoms with van der Waals surface area (Å²) in [4.78, 5) is 17.3. The van der Waals surface area contributed by atoms with Crippen molar-refractivity contribution >= 4 is 16.6 Å². The van der Waals surface area contributed by atoms with Crippen LogP contribution in [0.25, 0.3) is 10.8 Å². The van der Waals surface area contributed by atoms with E-state index in [1.165, 1.54) is 45.7 Å². The van der Waals surface area contributed by atoms with Crippen molar-refractivity contribution in [3.8, 4) is 17.2 Å². The molecule has 2 N–H and O–H groups in total. The minimum absolute atomic E-state index is 0.0929. The fraction of sp³-hybridized carbons (Fsp3) is 0.200. The van der Waals surface area contributed by atoms with Crippen molar-refractivity contribution in [2.45, 2.75) is 6.54 Å². The summed E-state index contributed by atoms with van der Waals surface area (Å²) >= 11 is 0. The topological polar surface area (TPSA) is 83.7 Å². The summed E-state index contributed by atoms with van der Waals surface area (Å²) in [6, 6.07) is 7.36. The standard InChI is InChI=1S/C20H19FN2O4/c1-25-12-4-5-16(21)15(6-12)20(24)19-14-8-18(27-3)17(26-2)7-13(14)11(9-22)10-23-19/h4-8,10H,9,22H2,1-3H3. The average Bonchev–Trinajstić information content (AvgIpc) is 2.71. The molecule has 3 aromatic rings. The van der Waals surface area contributed by atoms with Gasteiger partial charge < -0.3 is 19.9 Å². The molecule has 0 saturated carbocycles. The van der Waals surface area contributed by atoms with Gasteiger partial charge in [0.05, 0.1) is 26.9 Å². The van der Waals surface area contributed by atoms with Crippen LogP contribution in [0.2, 0.25) is 0 Å². The lowest BCUT2D eigenvalue weighted by Gasteiger charge is -2.14. The first-order valence-electron chi connectivity index (χ1n) is 8.16. The molecule has 0 aliphatic rings. The zero-order valence-electron chi connectivity index (χ0n) is 15.2. The van der Waals surface area contributed by atoms with Crippen molar-refractivity contribution in [3.63, 3.8) is 0 Å². The Kier molecular flexibility index (Phi) is 5.23. The van der Waals surface area contributed by atoms with Crippen LogP contribution >= 0.6 is 0 Å². The number of aromatic nitrogens is 1. The molecule has 0 fully saturated rings. The third-order valence-corrected chi connectivity index (χ3v) is 4.33. The highest BCUT2D eigenvalue weighted by Crippen LogP contribution is 2.35. The fourth-order valence-electron chi connectivity index (χ4n) is 2.90. The van der Waals surface area contributed by atoms with Crippen LogP contribution in [0, 0.1) is 5.82 Å². The molecule has 0 saturated heterocycles. The predicted molar refractivity (Wildman–Crippen MR) is 99.1 cm³/mol. The number of hydrogen-bond donors (Lipinski definition) is 1. The number of carbonyl (C=O) groups is 1. The lowest BCUT2D eigenvalue weighted by molar-refractivity contribution is 0.103. The van der Waals surface area contributed by atoms with Crippen LogP contribution in [0.5, 0.6) is 17.2 Å². The van der Waals surface area contributed by atoms with Gasteiger partial charge in [0.2, 0.25) is 5.78 Å². The van der Waals surface area contributed by atoms with Crippen LogP contribution in [0.15, 0.2) is 36.5 Å². The van der Waals surface area contributed by atoms with Gasteiger partial charge in [-0.25, -0.2) is 4.39 Å². The van der Waals surface area contributed by atoms with Gasteiger partial charge in [0.1, 0.15) is 17.3 Å². The number of methoxy groups -OCH3 is 3. The lowest BCUT2D eigenvalue weighted by Crippen LogP contribution is -2.10. The maximum Gasteiger partial charge on any atom is 0.215 e. The van der Waals surface area contributed by atoms with E-state index < -0.39 is 11.6 Å². The minimum atomic E-state index is -0.654. The molecule has 1 heterocycles. The van der Waals surface area contributed by atoms with Gasteiger partial charge >= 0.3 is 0 Å². The van der Waals surface area contributed by atoms with Crippen LogP contribution in [0.4, 0.5) is 4.39 Å². The summed E-state index contributed by atoms with van der Waals surface area (Å²) < 4.78 is 30.0. The molecular formula is C20H19FN2O4. The number of fused-ring (bicyclic) bond motifs is 1. The number of pyridine rings is 1. The molecule has 0 aliphatic heterocycles. The number of nitrogens with zero attached hydrogens (tertiary/aromatic N) is 1. The average molecular weight is 370 g/mol. The van der Waals surface area contributed by atoms with Gasteiger partial charge in [0, 0.05) is 18.1 Å². The van der Waals surface area contributed by atoms with E-state index in [0.717, 1.165) is 5.56 Å². The Morgan fingerprint density at radius 3 is 2.30 bits per heavy atom. The molecule has 0 aliphatic carbocycles. The summed E-state index contributed by atoms with van der Waals surface area (Å²) in [5.74, 6) is 0.0891.